The number of rotatable bonds is 8. The van der Waals surface area contributed by atoms with E-state index in [-0.39, 0.29) is 23.8 Å². The molecule has 3 aromatic rings. The van der Waals surface area contributed by atoms with Crippen molar-refractivity contribution in [1.29, 1.82) is 5.26 Å². The van der Waals surface area contributed by atoms with E-state index in [9.17, 15) is 14.9 Å². The lowest BCUT2D eigenvalue weighted by atomic mass is 9.91. The van der Waals surface area contributed by atoms with Crippen LogP contribution in [0.5, 0.6) is 0 Å². The van der Waals surface area contributed by atoms with Crippen molar-refractivity contribution in [1.82, 2.24) is 15.6 Å². The van der Waals surface area contributed by atoms with E-state index in [1.165, 1.54) is 11.3 Å². The maximum absolute atomic E-state index is 13.3. The van der Waals surface area contributed by atoms with Crippen LogP contribution in [0.25, 0.3) is 0 Å². The van der Waals surface area contributed by atoms with Gasteiger partial charge >= 0.3 is 0 Å². The van der Waals surface area contributed by atoms with Crippen molar-refractivity contribution in [3.05, 3.63) is 99.6 Å². The van der Waals surface area contributed by atoms with Crippen molar-refractivity contribution in [2.45, 2.75) is 44.7 Å². The summed E-state index contributed by atoms with van der Waals surface area (Å²) in [6.07, 6.45) is 8.15. The van der Waals surface area contributed by atoms with Gasteiger partial charge in [-0.3, -0.25) is 9.59 Å². The van der Waals surface area contributed by atoms with E-state index in [4.69, 9.17) is 4.98 Å². The van der Waals surface area contributed by atoms with Crippen LogP contribution in [-0.2, 0) is 6.54 Å². The van der Waals surface area contributed by atoms with Crippen LogP contribution in [0.1, 0.15) is 62.0 Å². The quantitative estimate of drug-likeness (QED) is 0.371. The second-order valence-electron chi connectivity index (χ2n) is 9.30. The lowest BCUT2D eigenvalue weighted by Gasteiger charge is -2.14. The summed E-state index contributed by atoms with van der Waals surface area (Å²) in [4.78, 5) is 31.2. The first-order valence-corrected chi connectivity index (χ1v) is 13.1. The fraction of sp³-hybridized carbons (Fsp3) is 0.241. The smallest absolute Gasteiger partial charge is 0.263 e. The topological polar surface area (TPSA) is 107 Å². The molecule has 1 unspecified atom stereocenters. The minimum absolute atomic E-state index is 0.0884. The zero-order valence-corrected chi connectivity index (χ0v) is 21.3. The first-order chi connectivity index (χ1) is 18.0. The number of anilines is 2. The highest BCUT2D eigenvalue weighted by atomic mass is 32.1. The highest BCUT2D eigenvalue weighted by molar-refractivity contribution is 7.17. The molecule has 0 spiro atoms. The Morgan fingerprint density at radius 2 is 1.95 bits per heavy atom. The summed E-state index contributed by atoms with van der Waals surface area (Å²) in [7, 11) is 0. The summed E-state index contributed by atoms with van der Waals surface area (Å²) in [6.45, 7) is 2.36. The van der Waals surface area contributed by atoms with Crippen LogP contribution in [0.4, 0.5) is 10.8 Å². The third kappa shape index (κ3) is 5.96. The van der Waals surface area contributed by atoms with Gasteiger partial charge in [0.15, 0.2) is 5.13 Å². The number of aryl methyl sites for hydroxylation is 1. The Morgan fingerprint density at radius 3 is 2.70 bits per heavy atom. The number of nitrogens with one attached hydrogen (secondary N) is 3. The second kappa shape index (κ2) is 10.8. The van der Waals surface area contributed by atoms with E-state index < -0.39 is 0 Å². The minimum Gasteiger partial charge on any atom is -0.349 e. The van der Waals surface area contributed by atoms with Crippen molar-refractivity contribution in [2.75, 3.05) is 5.32 Å². The Morgan fingerprint density at radius 1 is 1.14 bits per heavy atom. The fourth-order valence-corrected chi connectivity index (χ4v) is 5.08. The second-order valence-corrected chi connectivity index (χ2v) is 10.3. The Balaban J connectivity index is 1.41. The van der Waals surface area contributed by atoms with Gasteiger partial charge in [-0.25, -0.2) is 4.98 Å². The van der Waals surface area contributed by atoms with Gasteiger partial charge in [0.1, 0.15) is 4.88 Å². The first-order valence-electron chi connectivity index (χ1n) is 12.3. The van der Waals surface area contributed by atoms with Crippen molar-refractivity contribution in [3.8, 4) is 6.07 Å². The molecule has 1 heterocycles. The molecule has 2 aliphatic carbocycles. The maximum Gasteiger partial charge on any atom is 0.263 e. The van der Waals surface area contributed by atoms with Gasteiger partial charge in [0, 0.05) is 35.3 Å². The predicted molar refractivity (Wildman–Crippen MR) is 145 cm³/mol. The number of hydrogen-bond donors (Lipinski definition) is 3. The monoisotopic (exact) mass is 509 g/mol. The van der Waals surface area contributed by atoms with Gasteiger partial charge < -0.3 is 16.0 Å². The molecule has 5 rings (SSSR count). The summed E-state index contributed by atoms with van der Waals surface area (Å²) in [5.74, 6) is -0.477. The molecule has 1 atom stereocenters. The molecule has 0 radical (unpaired) electrons. The van der Waals surface area contributed by atoms with E-state index in [1.54, 1.807) is 6.08 Å². The van der Waals surface area contributed by atoms with Crippen LogP contribution in [0, 0.1) is 18.3 Å². The molecule has 186 valence electrons. The fourth-order valence-electron chi connectivity index (χ4n) is 4.12. The van der Waals surface area contributed by atoms with E-state index in [0.717, 1.165) is 29.7 Å². The lowest BCUT2D eigenvalue weighted by Crippen LogP contribution is -2.25. The molecule has 8 heteroatoms. The van der Waals surface area contributed by atoms with Gasteiger partial charge in [0.25, 0.3) is 11.8 Å². The Kier molecular flexibility index (Phi) is 7.15. The molecule has 0 bridgehead atoms. The Labute approximate surface area is 219 Å². The van der Waals surface area contributed by atoms with Crippen LogP contribution in [-0.4, -0.2) is 22.8 Å². The molecule has 2 aliphatic rings. The van der Waals surface area contributed by atoms with Gasteiger partial charge in [0.05, 0.1) is 11.8 Å². The van der Waals surface area contributed by atoms with Crippen LogP contribution < -0.4 is 16.0 Å². The first kappa shape index (κ1) is 24.5. The SMILES string of the molecule is Cc1ccc(C(=O)NC2CC2)cc1Nc1nc(C2C=CC=C(C#N)C2)c(C(=O)NCc2ccccc2)s1. The number of allylic oxidation sites excluding steroid dienone is 4. The predicted octanol–water partition coefficient (Wildman–Crippen LogP) is 5.51. The number of amides is 2. The van der Waals surface area contributed by atoms with Gasteiger partial charge in [-0.15, -0.1) is 0 Å². The number of thiazole rings is 1. The molecule has 3 N–H and O–H groups in total. The number of aromatic nitrogens is 1. The molecule has 2 aromatic carbocycles. The molecule has 1 aromatic heterocycles. The standard InChI is InChI=1S/C29H27N5O2S/c1-18-10-11-22(27(35)32-23-12-13-23)15-24(18)33-29-34-25(21-9-5-8-20(14-21)16-30)26(37-29)28(36)31-17-19-6-3-2-4-7-19/h2-11,15,21,23H,12-14,17H2,1H3,(H,31,36)(H,32,35)(H,33,34). The third-order valence-electron chi connectivity index (χ3n) is 6.38. The summed E-state index contributed by atoms with van der Waals surface area (Å²) in [6, 6.07) is 17.8. The van der Waals surface area contributed by atoms with Crippen LogP contribution >= 0.6 is 11.3 Å². The average Bonchev–Trinajstić information content (AvgIpc) is 3.64. The van der Waals surface area contributed by atoms with E-state index in [1.807, 2.05) is 67.6 Å². The highest BCUT2D eigenvalue weighted by Crippen LogP contribution is 2.36. The normalized spacial score (nSPS) is 16.4. The molecule has 7 nitrogen and oxygen atoms in total. The summed E-state index contributed by atoms with van der Waals surface area (Å²) in [5, 5.41) is 19.3. The molecule has 1 saturated carbocycles. The van der Waals surface area contributed by atoms with Crippen molar-refractivity contribution >= 4 is 34.0 Å². The van der Waals surface area contributed by atoms with Crippen molar-refractivity contribution in [2.24, 2.45) is 0 Å². The van der Waals surface area contributed by atoms with Crippen LogP contribution in [0.15, 0.2) is 72.3 Å². The number of nitriles is 1. The summed E-state index contributed by atoms with van der Waals surface area (Å²) >= 11 is 1.27. The molecular weight excluding hydrogens is 482 g/mol. The zero-order valence-electron chi connectivity index (χ0n) is 20.5. The van der Waals surface area contributed by atoms with Gasteiger partial charge in [-0.2, -0.15) is 5.26 Å². The molecular formula is C29H27N5O2S. The lowest BCUT2D eigenvalue weighted by molar-refractivity contribution is 0.0944. The van der Waals surface area contributed by atoms with Crippen LogP contribution in [0.2, 0.25) is 0 Å². The third-order valence-corrected chi connectivity index (χ3v) is 7.37. The zero-order chi connectivity index (χ0) is 25.8. The van der Waals surface area contributed by atoms with E-state index in [2.05, 4.69) is 22.0 Å². The molecule has 0 saturated heterocycles. The number of carbonyl (C=O) groups excluding carboxylic acids is 2. The average molecular weight is 510 g/mol. The molecule has 37 heavy (non-hydrogen) atoms. The highest BCUT2D eigenvalue weighted by Gasteiger charge is 2.26. The van der Waals surface area contributed by atoms with E-state index in [0.29, 0.717) is 39.8 Å². The Bertz CT molecular complexity index is 1430. The molecule has 2 amide bonds. The van der Waals surface area contributed by atoms with E-state index >= 15 is 0 Å². The number of benzene rings is 2. The summed E-state index contributed by atoms with van der Waals surface area (Å²) < 4.78 is 0. The number of hydrogen-bond acceptors (Lipinski definition) is 6. The maximum atomic E-state index is 13.3. The molecule has 0 aliphatic heterocycles. The largest absolute Gasteiger partial charge is 0.349 e. The summed E-state index contributed by atoms with van der Waals surface area (Å²) in [5.41, 5.74) is 4.59. The Hall–Kier alpha value is -4.22. The molecule has 1 fully saturated rings. The number of nitrogens with zero attached hydrogens (tertiary/aromatic N) is 2. The van der Waals surface area contributed by atoms with Crippen molar-refractivity contribution < 1.29 is 9.59 Å². The van der Waals surface area contributed by atoms with Crippen LogP contribution in [0.3, 0.4) is 0 Å². The number of carbonyl (C=O) groups is 2. The van der Waals surface area contributed by atoms with Gasteiger partial charge in [-0.05, 0) is 55.5 Å². The van der Waals surface area contributed by atoms with Gasteiger partial charge in [0.2, 0.25) is 0 Å². The minimum atomic E-state index is -0.208. The van der Waals surface area contributed by atoms with Gasteiger partial charge in [-0.1, -0.05) is 59.9 Å². The van der Waals surface area contributed by atoms with Crippen molar-refractivity contribution in [3.63, 3.8) is 0 Å².